The van der Waals surface area contributed by atoms with Gasteiger partial charge in [-0.1, -0.05) is 6.92 Å². The minimum Gasteiger partial charge on any atom is -0.343 e. The minimum atomic E-state index is -2.98. The first kappa shape index (κ1) is 17.2. The van der Waals surface area contributed by atoms with E-state index >= 15 is 0 Å². The average molecular weight is 330 g/mol. The zero-order valence-corrected chi connectivity index (χ0v) is 14.3. The Morgan fingerprint density at radius 1 is 1.18 bits per heavy atom. The lowest BCUT2D eigenvalue weighted by Crippen LogP contribution is -2.46. The maximum absolute atomic E-state index is 12.5. The van der Waals surface area contributed by atoms with Gasteiger partial charge in [-0.2, -0.15) is 0 Å². The maximum Gasteiger partial charge on any atom is 0.225 e. The van der Waals surface area contributed by atoms with E-state index in [2.05, 4.69) is 0 Å². The topological polar surface area (TPSA) is 74.8 Å². The highest BCUT2D eigenvalue weighted by Crippen LogP contribution is 2.24. The third kappa shape index (κ3) is 4.00. The number of carbonyl (C=O) groups is 2. The van der Waals surface area contributed by atoms with Gasteiger partial charge in [-0.25, -0.2) is 8.42 Å². The number of hydrogen-bond acceptors (Lipinski definition) is 4. The van der Waals surface area contributed by atoms with Crippen molar-refractivity contribution >= 4 is 21.7 Å². The number of rotatable bonds is 4. The molecule has 6 nitrogen and oxygen atoms in total. The van der Waals surface area contributed by atoms with Gasteiger partial charge in [0.2, 0.25) is 11.8 Å². The van der Waals surface area contributed by atoms with Gasteiger partial charge in [-0.05, 0) is 25.7 Å². The van der Waals surface area contributed by atoms with Crippen LogP contribution in [0.25, 0.3) is 0 Å². The van der Waals surface area contributed by atoms with E-state index in [1.165, 1.54) is 0 Å². The van der Waals surface area contributed by atoms with E-state index in [0.717, 1.165) is 6.42 Å². The van der Waals surface area contributed by atoms with Crippen LogP contribution in [0.3, 0.4) is 0 Å². The molecule has 7 heteroatoms. The third-order valence-electron chi connectivity index (χ3n) is 4.76. The van der Waals surface area contributed by atoms with Crippen LogP contribution in [0.1, 0.15) is 39.0 Å². The van der Waals surface area contributed by atoms with E-state index in [1.807, 2.05) is 11.8 Å². The summed E-state index contributed by atoms with van der Waals surface area (Å²) in [6.07, 6.45) is 3.31. The molecule has 1 unspecified atom stereocenters. The number of nitrogens with zero attached hydrogens (tertiary/aromatic N) is 2. The number of amides is 2. The highest BCUT2D eigenvalue weighted by Gasteiger charge is 2.36. The molecule has 2 amide bonds. The predicted molar refractivity (Wildman–Crippen MR) is 84.0 cm³/mol. The zero-order chi connectivity index (χ0) is 16.3. The molecule has 2 aliphatic rings. The Bertz CT molecular complexity index is 524. The number of hydrogen-bond donors (Lipinski definition) is 0. The summed E-state index contributed by atoms with van der Waals surface area (Å²) in [5.74, 6) is 0.384. The van der Waals surface area contributed by atoms with Crippen molar-refractivity contribution in [1.82, 2.24) is 9.80 Å². The van der Waals surface area contributed by atoms with Gasteiger partial charge in [0.15, 0.2) is 9.84 Å². The monoisotopic (exact) mass is 330 g/mol. The quantitative estimate of drug-likeness (QED) is 0.759. The van der Waals surface area contributed by atoms with Crippen molar-refractivity contribution in [1.29, 1.82) is 0 Å². The highest BCUT2D eigenvalue weighted by molar-refractivity contribution is 7.91. The molecule has 0 aromatic rings. The van der Waals surface area contributed by atoms with Crippen LogP contribution in [0.5, 0.6) is 0 Å². The van der Waals surface area contributed by atoms with Gasteiger partial charge in [0.25, 0.3) is 0 Å². The van der Waals surface area contributed by atoms with E-state index in [4.69, 9.17) is 0 Å². The molecule has 0 aromatic carbocycles. The van der Waals surface area contributed by atoms with Crippen LogP contribution in [0, 0.1) is 5.92 Å². The molecule has 2 heterocycles. The van der Waals surface area contributed by atoms with Crippen LogP contribution in [-0.4, -0.2) is 67.7 Å². The highest BCUT2D eigenvalue weighted by atomic mass is 32.2. The Morgan fingerprint density at radius 3 is 2.32 bits per heavy atom. The van der Waals surface area contributed by atoms with Gasteiger partial charge in [-0.3, -0.25) is 9.59 Å². The Kier molecular flexibility index (Phi) is 5.47. The van der Waals surface area contributed by atoms with Crippen LogP contribution in [0.4, 0.5) is 0 Å². The summed E-state index contributed by atoms with van der Waals surface area (Å²) in [6.45, 7) is 3.25. The first-order chi connectivity index (χ1) is 10.3. The Hall–Kier alpha value is -1.11. The molecule has 0 N–H and O–H groups in total. The van der Waals surface area contributed by atoms with Crippen molar-refractivity contribution in [2.75, 3.05) is 31.6 Å². The molecule has 1 atom stereocenters. The average Bonchev–Trinajstić information content (AvgIpc) is 2.86. The number of piperidine rings is 1. The molecule has 126 valence electrons. The first-order valence-corrected chi connectivity index (χ1v) is 9.91. The van der Waals surface area contributed by atoms with Crippen molar-refractivity contribution in [2.45, 2.75) is 45.1 Å². The van der Waals surface area contributed by atoms with Gasteiger partial charge in [-0.15, -0.1) is 0 Å². The van der Waals surface area contributed by atoms with Crippen molar-refractivity contribution in [3.05, 3.63) is 0 Å². The molecule has 0 spiro atoms. The number of sulfone groups is 1. The smallest absolute Gasteiger partial charge is 0.225 e. The van der Waals surface area contributed by atoms with Crippen molar-refractivity contribution in [3.63, 3.8) is 0 Å². The summed E-state index contributed by atoms with van der Waals surface area (Å²) in [4.78, 5) is 27.8. The molecular weight excluding hydrogens is 304 g/mol. The Labute approximate surface area is 132 Å². The van der Waals surface area contributed by atoms with Crippen molar-refractivity contribution < 1.29 is 18.0 Å². The van der Waals surface area contributed by atoms with Crippen LogP contribution >= 0.6 is 0 Å². The minimum absolute atomic E-state index is 0.0321. The van der Waals surface area contributed by atoms with E-state index in [-0.39, 0.29) is 35.3 Å². The lowest BCUT2D eigenvalue weighted by atomic mass is 9.94. The summed E-state index contributed by atoms with van der Waals surface area (Å²) in [5.41, 5.74) is 0. The zero-order valence-electron chi connectivity index (χ0n) is 13.5. The lowest BCUT2D eigenvalue weighted by molar-refractivity contribution is -0.141. The molecule has 0 bridgehead atoms. The molecule has 0 saturated carbocycles. The number of likely N-dealkylation sites (tertiary alicyclic amines) is 1. The fourth-order valence-corrected chi connectivity index (χ4v) is 5.07. The molecule has 0 aromatic heterocycles. The summed E-state index contributed by atoms with van der Waals surface area (Å²) in [5, 5.41) is 0. The molecule has 2 fully saturated rings. The van der Waals surface area contributed by atoms with E-state index in [1.54, 1.807) is 11.9 Å². The molecule has 2 saturated heterocycles. The van der Waals surface area contributed by atoms with Gasteiger partial charge in [0, 0.05) is 38.5 Å². The largest absolute Gasteiger partial charge is 0.343 e. The van der Waals surface area contributed by atoms with Gasteiger partial charge in [0.05, 0.1) is 11.5 Å². The fourth-order valence-electron chi connectivity index (χ4n) is 3.30. The molecule has 22 heavy (non-hydrogen) atoms. The SMILES string of the molecule is CCCC(=O)N1CCC(C(=O)N(C)C2CCS(=O)(=O)C2)CC1. The van der Waals surface area contributed by atoms with E-state index < -0.39 is 9.84 Å². The lowest BCUT2D eigenvalue weighted by Gasteiger charge is -2.34. The van der Waals surface area contributed by atoms with Gasteiger partial charge >= 0.3 is 0 Å². The Morgan fingerprint density at radius 2 is 1.82 bits per heavy atom. The molecular formula is C15H26N2O4S. The van der Waals surface area contributed by atoms with Crippen LogP contribution in [-0.2, 0) is 19.4 Å². The van der Waals surface area contributed by atoms with E-state index in [0.29, 0.717) is 38.8 Å². The summed E-state index contributed by atoms with van der Waals surface area (Å²) < 4.78 is 23.1. The summed E-state index contributed by atoms with van der Waals surface area (Å²) in [7, 11) is -1.27. The third-order valence-corrected chi connectivity index (χ3v) is 6.51. The van der Waals surface area contributed by atoms with Crippen LogP contribution < -0.4 is 0 Å². The maximum atomic E-state index is 12.5. The number of carbonyl (C=O) groups excluding carboxylic acids is 2. The van der Waals surface area contributed by atoms with Crippen LogP contribution in [0.15, 0.2) is 0 Å². The molecule has 2 aliphatic heterocycles. The molecule has 0 aliphatic carbocycles. The van der Waals surface area contributed by atoms with Crippen molar-refractivity contribution in [2.24, 2.45) is 5.92 Å². The molecule has 0 radical (unpaired) electrons. The van der Waals surface area contributed by atoms with Crippen LogP contribution in [0.2, 0.25) is 0 Å². The summed E-state index contributed by atoms with van der Waals surface area (Å²) >= 11 is 0. The fraction of sp³-hybridized carbons (Fsp3) is 0.867. The predicted octanol–water partition coefficient (Wildman–Crippen LogP) is 0.671. The Balaban J connectivity index is 1.86. The van der Waals surface area contributed by atoms with Gasteiger partial charge < -0.3 is 9.80 Å². The second-order valence-electron chi connectivity index (χ2n) is 6.41. The second kappa shape index (κ2) is 6.98. The molecule has 2 rings (SSSR count). The second-order valence-corrected chi connectivity index (χ2v) is 8.64. The van der Waals surface area contributed by atoms with E-state index in [9.17, 15) is 18.0 Å². The summed E-state index contributed by atoms with van der Waals surface area (Å²) in [6, 6.07) is -0.183. The standard InChI is InChI=1S/C15H26N2O4S/c1-3-4-14(18)17-8-5-12(6-9-17)15(19)16(2)13-7-10-22(20,21)11-13/h12-13H,3-11H2,1-2H3. The first-order valence-electron chi connectivity index (χ1n) is 8.09. The van der Waals surface area contributed by atoms with Crippen molar-refractivity contribution in [3.8, 4) is 0 Å². The normalized spacial score (nSPS) is 25.2. The van der Waals surface area contributed by atoms with Gasteiger partial charge in [0.1, 0.15) is 0 Å².